The molecule has 0 unspecified atom stereocenters. The third-order valence-electron chi connectivity index (χ3n) is 9.24. The summed E-state index contributed by atoms with van der Waals surface area (Å²) in [6.45, 7) is 8.46. The van der Waals surface area contributed by atoms with Gasteiger partial charge in [0, 0.05) is 22.9 Å². The minimum absolute atomic E-state index is 0.203. The van der Waals surface area contributed by atoms with Gasteiger partial charge in [0.15, 0.2) is 0 Å². The second kappa shape index (κ2) is 8.80. The number of hydrogen-bond acceptors (Lipinski definition) is 5. The largest absolute Gasteiger partial charge is 0.277 e. The average molecular weight is 575 g/mol. The van der Waals surface area contributed by atoms with Gasteiger partial charge < -0.3 is 0 Å². The number of aliphatic imine (C=N–C) groups is 4. The minimum atomic E-state index is -0.408. The Labute approximate surface area is 253 Å². The van der Waals surface area contributed by atoms with Crippen molar-refractivity contribution >= 4 is 45.4 Å². The van der Waals surface area contributed by atoms with Crippen LogP contribution in [-0.4, -0.2) is 33.1 Å². The zero-order valence-electron chi connectivity index (χ0n) is 24.7. The number of halogens is 1. The van der Waals surface area contributed by atoms with Crippen LogP contribution in [0.3, 0.4) is 0 Å². The fourth-order valence-corrected chi connectivity index (χ4v) is 7.38. The maximum absolute atomic E-state index is 15.3. The number of para-hydroxylation sites is 2. The van der Waals surface area contributed by atoms with Crippen molar-refractivity contribution in [3.63, 3.8) is 0 Å². The maximum Gasteiger partial charge on any atom is 0.242 e. The molecule has 0 bridgehead atoms. The molecule has 4 aromatic carbocycles. The highest BCUT2D eigenvalue weighted by atomic mass is 19.1. The maximum atomic E-state index is 15.3. The SMILES string of the molecule is Cc1cccc2c1C(C1=NC3=NC(n4c5c(C)cccc5c5cccc(C)c54)=NC4=CC(F)=CC(=N1)N43)c1c(C)cccc1-2. The summed E-state index contributed by atoms with van der Waals surface area (Å²) in [6.07, 6.45) is 2.87. The van der Waals surface area contributed by atoms with E-state index in [-0.39, 0.29) is 5.92 Å². The second-order valence-electron chi connectivity index (χ2n) is 11.9. The topological polar surface area (TPSA) is 57.6 Å². The Morgan fingerprint density at radius 1 is 0.591 bits per heavy atom. The summed E-state index contributed by atoms with van der Waals surface area (Å²) >= 11 is 0. The number of hydrogen-bond donors (Lipinski definition) is 0. The van der Waals surface area contributed by atoms with Crippen LogP contribution in [0.5, 0.6) is 0 Å². The molecule has 4 aliphatic rings. The lowest BCUT2D eigenvalue weighted by Crippen LogP contribution is -2.43. The monoisotopic (exact) mass is 574 g/mol. The van der Waals surface area contributed by atoms with E-state index in [0.717, 1.165) is 32.9 Å². The van der Waals surface area contributed by atoms with Crippen LogP contribution in [-0.2, 0) is 0 Å². The molecule has 0 N–H and O–H groups in total. The molecule has 0 fully saturated rings. The van der Waals surface area contributed by atoms with E-state index in [9.17, 15) is 0 Å². The third-order valence-corrected chi connectivity index (χ3v) is 9.24. The normalized spacial score (nSPS) is 17.0. The highest BCUT2D eigenvalue weighted by Gasteiger charge is 2.40. The molecule has 4 heterocycles. The van der Waals surface area contributed by atoms with Gasteiger partial charge in [0.1, 0.15) is 23.3 Å². The molecular formula is C37H27FN6. The van der Waals surface area contributed by atoms with Crippen LogP contribution in [0.25, 0.3) is 32.9 Å². The summed E-state index contributed by atoms with van der Waals surface area (Å²) in [5, 5.41) is 2.25. The molecule has 0 atom stereocenters. The lowest BCUT2D eigenvalue weighted by atomic mass is 9.90. The van der Waals surface area contributed by atoms with Crippen molar-refractivity contribution < 1.29 is 4.39 Å². The van der Waals surface area contributed by atoms with Crippen LogP contribution in [0.4, 0.5) is 4.39 Å². The van der Waals surface area contributed by atoms with Gasteiger partial charge in [-0.1, -0.05) is 72.8 Å². The van der Waals surface area contributed by atoms with Crippen LogP contribution < -0.4 is 0 Å². The first-order valence-electron chi connectivity index (χ1n) is 14.8. The van der Waals surface area contributed by atoms with Gasteiger partial charge >= 0.3 is 0 Å². The highest BCUT2D eigenvalue weighted by molar-refractivity contribution is 6.24. The molecule has 6 nitrogen and oxygen atoms in total. The van der Waals surface area contributed by atoms with Gasteiger partial charge in [-0.15, -0.1) is 0 Å². The van der Waals surface area contributed by atoms with Crippen molar-refractivity contribution in [2.24, 2.45) is 20.0 Å². The molecule has 0 saturated heterocycles. The Balaban J connectivity index is 1.31. The van der Waals surface area contributed by atoms with E-state index in [2.05, 4.69) is 105 Å². The molecule has 0 saturated carbocycles. The van der Waals surface area contributed by atoms with Crippen molar-refractivity contribution in [1.29, 1.82) is 0 Å². The van der Waals surface area contributed by atoms with Gasteiger partial charge in [0.2, 0.25) is 11.9 Å². The first kappa shape index (κ1) is 25.1. The second-order valence-corrected chi connectivity index (χ2v) is 11.9. The fourth-order valence-electron chi connectivity index (χ4n) is 7.38. The summed E-state index contributed by atoms with van der Waals surface area (Å²) in [7, 11) is 0. The standard InChI is InChI=1S/C37H27FN6/c1-19-9-5-13-24-25-14-6-10-20(2)31(25)32(30(19)24)35-39-28-17-23(38)18-29-40-36(42-37(41-35)43(28)29)44-33-21(3)11-7-15-26(33)27-16-8-12-22(4)34(27)44/h5-18,32H,1-4H3. The van der Waals surface area contributed by atoms with Gasteiger partial charge in [-0.3, -0.25) is 4.57 Å². The minimum Gasteiger partial charge on any atom is -0.277 e. The number of fused-ring (bicyclic) bond motifs is 6. The van der Waals surface area contributed by atoms with E-state index in [0.29, 0.717) is 29.4 Å². The zero-order chi connectivity index (χ0) is 29.9. The first-order chi connectivity index (χ1) is 21.4. The summed E-state index contributed by atoms with van der Waals surface area (Å²) in [5.74, 6) is 1.70. The van der Waals surface area contributed by atoms with Gasteiger partial charge in [-0.25, -0.2) is 14.3 Å². The fraction of sp³-hybridized carbons (Fsp3) is 0.135. The number of nitrogens with zero attached hydrogens (tertiary/aromatic N) is 6. The average Bonchev–Trinajstić information content (AvgIpc) is 3.53. The Hall–Kier alpha value is -5.43. The Kier molecular flexibility index (Phi) is 5.02. The number of aromatic nitrogens is 1. The molecule has 212 valence electrons. The smallest absolute Gasteiger partial charge is 0.242 e. The van der Waals surface area contributed by atoms with Gasteiger partial charge in [0.05, 0.1) is 17.0 Å². The van der Waals surface area contributed by atoms with Gasteiger partial charge in [-0.2, -0.15) is 15.0 Å². The number of allylic oxidation sites excluding steroid dienone is 2. The molecular weight excluding hydrogens is 547 g/mol. The predicted octanol–water partition coefficient (Wildman–Crippen LogP) is 8.24. The summed E-state index contributed by atoms with van der Waals surface area (Å²) in [4.78, 5) is 21.9. The molecule has 9 rings (SSSR count). The van der Waals surface area contributed by atoms with E-state index in [1.807, 2.05) is 0 Å². The van der Waals surface area contributed by atoms with E-state index < -0.39 is 5.83 Å². The molecule has 3 aliphatic heterocycles. The quantitative estimate of drug-likeness (QED) is 0.199. The predicted molar refractivity (Wildman–Crippen MR) is 176 cm³/mol. The van der Waals surface area contributed by atoms with Crippen molar-refractivity contribution in [3.05, 3.63) is 130 Å². The Bertz CT molecular complexity index is 2230. The first-order valence-corrected chi connectivity index (χ1v) is 14.8. The van der Waals surface area contributed by atoms with E-state index in [4.69, 9.17) is 20.0 Å². The summed E-state index contributed by atoms with van der Waals surface area (Å²) < 4.78 is 17.4. The Morgan fingerprint density at radius 2 is 1.16 bits per heavy atom. The molecule has 5 aromatic rings. The van der Waals surface area contributed by atoms with Gasteiger partial charge in [-0.05, 0) is 72.2 Å². The van der Waals surface area contributed by atoms with Crippen molar-refractivity contribution in [1.82, 2.24) is 9.47 Å². The van der Waals surface area contributed by atoms with Crippen LogP contribution in [0.15, 0.2) is 117 Å². The number of guanidine groups is 1. The molecule has 1 aliphatic carbocycles. The number of aryl methyl sites for hydroxylation is 4. The molecule has 44 heavy (non-hydrogen) atoms. The Morgan fingerprint density at radius 3 is 1.77 bits per heavy atom. The lowest BCUT2D eigenvalue weighted by Gasteiger charge is -2.33. The molecule has 7 heteroatoms. The van der Waals surface area contributed by atoms with E-state index in [1.54, 1.807) is 4.90 Å². The number of rotatable bonds is 1. The molecule has 0 amide bonds. The van der Waals surface area contributed by atoms with Crippen molar-refractivity contribution in [3.8, 4) is 11.1 Å². The highest BCUT2D eigenvalue weighted by Crippen LogP contribution is 2.49. The number of amidine groups is 2. The summed E-state index contributed by atoms with van der Waals surface area (Å²) in [5.41, 5.74) is 11.3. The van der Waals surface area contributed by atoms with Crippen LogP contribution >= 0.6 is 0 Å². The lowest BCUT2D eigenvalue weighted by molar-refractivity contribution is 0.629. The van der Waals surface area contributed by atoms with Crippen LogP contribution in [0.2, 0.25) is 0 Å². The van der Waals surface area contributed by atoms with Crippen molar-refractivity contribution in [2.75, 3.05) is 0 Å². The van der Waals surface area contributed by atoms with E-state index >= 15 is 4.39 Å². The van der Waals surface area contributed by atoms with E-state index in [1.165, 1.54) is 45.5 Å². The van der Waals surface area contributed by atoms with Crippen LogP contribution in [0.1, 0.15) is 39.3 Å². The summed E-state index contributed by atoms with van der Waals surface area (Å²) in [6, 6.07) is 25.4. The number of benzene rings is 4. The third kappa shape index (κ3) is 3.29. The van der Waals surface area contributed by atoms with Crippen molar-refractivity contribution in [2.45, 2.75) is 33.6 Å². The van der Waals surface area contributed by atoms with Crippen LogP contribution in [0, 0.1) is 27.7 Å². The van der Waals surface area contributed by atoms with Gasteiger partial charge in [0.25, 0.3) is 0 Å². The molecule has 1 aromatic heterocycles. The molecule has 0 radical (unpaired) electrons. The molecule has 0 spiro atoms. The zero-order valence-corrected chi connectivity index (χ0v) is 24.7.